The Kier molecular flexibility index (Phi) is 3.68. The second kappa shape index (κ2) is 4.38. The highest BCUT2D eigenvalue weighted by molar-refractivity contribution is 7.58. The first-order chi connectivity index (χ1) is 6.12. The summed E-state index contributed by atoms with van der Waals surface area (Å²) in [6.45, 7) is 0. The number of hydrogen-bond acceptors (Lipinski definition) is 4. The van der Waals surface area contributed by atoms with Crippen LogP contribution in [0.25, 0.3) is 0 Å². The van der Waals surface area contributed by atoms with Crippen molar-refractivity contribution < 1.29 is 18.7 Å². The minimum atomic E-state index is -3.09. The summed E-state index contributed by atoms with van der Waals surface area (Å²) in [6.07, 6.45) is 3.29. The fourth-order valence-corrected chi connectivity index (χ4v) is 2.82. The van der Waals surface area contributed by atoms with E-state index in [1.165, 1.54) is 14.2 Å². The predicted molar refractivity (Wildman–Crippen MR) is 49.6 cm³/mol. The van der Waals surface area contributed by atoms with Crippen molar-refractivity contribution in [2.75, 3.05) is 14.2 Å². The zero-order valence-electron chi connectivity index (χ0n) is 7.90. The smallest absolute Gasteiger partial charge is 0.356 e. The molecule has 0 saturated heterocycles. The summed E-state index contributed by atoms with van der Waals surface area (Å²) in [6, 6.07) is 0. The highest BCUT2D eigenvalue weighted by Gasteiger charge is 2.29. The average molecular weight is 206 g/mol. The number of aliphatic hydroxyl groups is 1. The van der Waals surface area contributed by atoms with Gasteiger partial charge in [-0.3, -0.25) is 4.57 Å². The van der Waals surface area contributed by atoms with E-state index in [1.54, 1.807) is 6.08 Å². The molecule has 0 radical (unpaired) electrons. The maximum atomic E-state index is 11.8. The minimum Gasteiger partial charge on any atom is -0.389 e. The molecule has 1 aliphatic rings. The Hall–Kier alpha value is -0.150. The third kappa shape index (κ3) is 2.41. The molecule has 0 aromatic carbocycles. The quantitative estimate of drug-likeness (QED) is 0.716. The molecule has 1 atom stereocenters. The fraction of sp³-hybridized carbons (Fsp3) is 0.750. The van der Waals surface area contributed by atoms with E-state index in [-0.39, 0.29) is 0 Å². The van der Waals surface area contributed by atoms with Crippen LogP contribution >= 0.6 is 7.60 Å². The summed E-state index contributed by atoms with van der Waals surface area (Å²) in [5.74, 6) is 0. The number of hydrogen-bond donors (Lipinski definition) is 1. The second-order valence-corrected chi connectivity index (χ2v) is 5.28. The number of allylic oxidation sites excluding steroid dienone is 1. The van der Waals surface area contributed by atoms with Crippen LogP contribution in [0.3, 0.4) is 0 Å². The Labute approximate surface area is 78.1 Å². The highest BCUT2D eigenvalue weighted by atomic mass is 31.2. The Balaban J connectivity index is 2.85. The molecule has 4 nitrogen and oxygen atoms in total. The van der Waals surface area contributed by atoms with E-state index >= 15 is 0 Å². The van der Waals surface area contributed by atoms with Gasteiger partial charge in [-0.25, -0.2) is 0 Å². The summed E-state index contributed by atoms with van der Waals surface area (Å²) in [7, 11) is -0.386. The summed E-state index contributed by atoms with van der Waals surface area (Å²) in [5, 5.41) is 9.92. The molecule has 0 bridgehead atoms. The summed E-state index contributed by atoms with van der Waals surface area (Å²) in [5.41, 5.74) is 0. The van der Waals surface area contributed by atoms with Gasteiger partial charge in [0.05, 0.1) is 6.10 Å². The first kappa shape index (κ1) is 10.9. The van der Waals surface area contributed by atoms with E-state index < -0.39 is 13.7 Å². The maximum Gasteiger partial charge on any atom is 0.356 e. The van der Waals surface area contributed by atoms with Crippen molar-refractivity contribution in [2.24, 2.45) is 0 Å². The van der Waals surface area contributed by atoms with Crippen molar-refractivity contribution in [1.82, 2.24) is 0 Å². The predicted octanol–water partition coefficient (Wildman–Crippen LogP) is 1.90. The molecule has 1 unspecified atom stereocenters. The molecule has 0 heterocycles. The van der Waals surface area contributed by atoms with Crippen LogP contribution in [0.5, 0.6) is 0 Å². The van der Waals surface area contributed by atoms with E-state index in [0.29, 0.717) is 11.7 Å². The van der Waals surface area contributed by atoms with Crippen molar-refractivity contribution in [1.29, 1.82) is 0 Å². The molecule has 1 N–H and O–H groups in total. The first-order valence-electron chi connectivity index (χ1n) is 4.23. The zero-order valence-corrected chi connectivity index (χ0v) is 8.79. The molecule has 0 amide bonds. The van der Waals surface area contributed by atoms with Gasteiger partial charge in [-0.2, -0.15) is 0 Å². The van der Waals surface area contributed by atoms with E-state index in [0.717, 1.165) is 12.8 Å². The van der Waals surface area contributed by atoms with E-state index in [9.17, 15) is 9.67 Å². The van der Waals surface area contributed by atoms with Gasteiger partial charge >= 0.3 is 7.60 Å². The minimum absolute atomic E-state index is 0.512. The Bertz CT molecular complexity index is 241. The lowest BCUT2D eigenvalue weighted by Crippen LogP contribution is -2.10. The lowest BCUT2D eigenvalue weighted by molar-refractivity contribution is 0.201. The Morgan fingerprint density at radius 1 is 1.54 bits per heavy atom. The largest absolute Gasteiger partial charge is 0.389 e. The monoisotopic (exact) mass is 206 g/mol. The number of aliphatic hydroxyl groups excluding tert-OH is 1. The van der Waals surface area contributed by atoms with Crippen LogP contribution in [0.15, 0.2) is 11.4 Å². The molecule has 5 heteroatoms. The van der Waals surface area contributed by atoms with Crippen molar-refractivity contribution >= 4 is 7.60 Å². The van der Waals surface area contributed by atoms with E-state index in [2.05, 4.69) is 0 Å². The molecule has 0 aromatic rings. The van der Waals surface area contributed by atoms with Crippen molar-refractivity contribution in [3.05, 3.63) is 11.4 Å². The lowest BCUT2D eigenvalue weighted by atomic mass is 10.1. The van der Waals surface area contributed by atoms with Gasteiger partial charge in [0.25, 0.3) is 0 Å². The van der Waals surface area contributed by atoms with Gasteiger partial charge in [-0.1, -0.05) is 0 Å². The van der Waals surface area contributed by atoms with Crippen LogP contribution in [0.2, 0.25) is 0 Å². The molecule has 0 saturated carbocycles. The van der Waals surface area contributed by atoms with E-state index in [4.69, 9.17) is 9.05 Å². The van der Waals surface area contributed by atoms with Crippen molar-refractivity contribution in [3.63, 3.8) is 0 Å². The van der Waals surface area contributed by atoms with Crippen LogP contribution in [-0.2, 0) is 13.6 Å². The maximum absolute atomic E-state index is 11.8. The van der Waals surface area contributed by atoms with Gasteiger partial charge < -0.3 is 14.2 Å². The Morgan fingerprint density at radius 2 is 2.15 bits per heavy atom. The lowest BCUT2D eigenvalue weighted by Gasteiger charge is -2.22. The molecule has 76 valence electrons. The third-order valence-electron chi connectivity index (χ3n) is 2.15. The Morgan fingerprint density at radius 3 is 2.62 bits per heavy atom. The van der Waals surface area contributed by atoms with Crippen LogP contribution in [0.1, 0.15) is 19.3 Å². The molecule has 1 rings (SSSR count). The summed E-state index contributed by atoms with van der Waals surface area (Å²) >= 11 is 0. The first-order valence-corrected chi connectivity index (χ1v) is 5.77. The summed E-state index contributed by atoms with van der Waals surface area (Å²) < 4.78 is 21.5. The second-order valence-electron chi connectivity index (χ2n) is 2.98. The summed E-state index contributed by atoms with van der Waals surface area (Å²) in [4.78, 5) is 0. The zero-order chi connectivity index (χ0) is 9.90. The SMILES string of the molecule is COP(=O)(OC)C1=CC(O)CCC1. The van der Waals surface area contributed by atoms with Crippen molar-refractivity contribution in [3.8, 4) is 0 Å². The fourth-order valence-electron chi connectivity index (χ4n) is 1.42. The van der Waals surface area contributed by atoms with Gasteiger partial charge in [-0.05, 0) is 25.3 Å². The molecule has 0 aliphatic heterocycles. The van der Waals surface area contributed by atoms with Crippen LogP contribution in [-0.4, -0.2) is 25.4 Å². The van der Waals surface area contributed by atoms with Gasteiger partial charge in [-0.15, -0.1) is 0 Å². The van der Waals surface area contributed by atoms with Gasteiger partial charge in [0.2, 0.25) is 0 Å². The molecular formula is C8H15O4P. The van der Waals surface area contributed by atoms with Crippen LogP contribution in [0.4, 0.5) is 0 Å². The third-order valence-corrected chi connectivity index (χ3v) is 4.19. The molecule has 0 fully saturated rings. The van der Waals surface area contributed by atoms with Crippen LogP contribution in [0, 0.1) is 0 Å². The van der Waals surface area contributed by atoms with Crippen LogP contribution < -0.4 is 0 Å². The highest BCUT2D eigenvalue weighted by Crippen LogP contribution is 2.57. The van der Waals surface area contributed by atoms with Gasteiger partial charge in [0.1, 0.15) is 0 Å². The van der Waals surface area contributed by atoms with E-state index in [1.807, 2.05) is 0 Å². The normalized spacial score (nSPS) is 24.2. The molecule has 1 aliphatic carbocycles. The molecule has 13 heavy (non-hydrogen) atoms. The number of rotatable bonds is 3. The van der Waals surface area contributed by atoms with Gasteiger partial charge in [0, 0.05) is 19.5 Å². The molecule has 0 spiro atoms. The standard InChI is InChI=1S/C8H15O4P/c1-11-13(10,12-2)8-5-3-4-7(9)6-8/h6-7,9H,3-5H2,1-2H3. The molecule has 0 aromatic heterocycles. The average Bonchev–Trinajstić information content (AvgIpc) is 2.17. The topological polar surface area (TPSA) is 55.8 Å². The van der Waals surface area contributed by atoms with Crippen molar-refractivity contribution in [2.45, 2.75) is 25.4 Å². The van der Waals surface area contributed by atoms with Gasteiger partial charge in [0.15, 0.2) is 0 Å². The molecular weight excluding hydrogens is 191 g/mol.